The molecule has 0 bridgehead atoms. The molecule has 0 unspecified atom stereocenters. The van der Waals surface area contributed by atoms with Crippen molar-refractivity contribution in [2.45, 2.75) is 19.3 Å². The molecule has 0 saturated carbocycles. The van der Waals surface area contributed by atoms with E-state index in [1.54, 1.807) is 29.5 Å². The highest BCUT2D eigenvalue weighted by Crippen LogP contribution is 2.32. The Labute approximate surface area is 164 Å². The molecule has 0 aliphatic rings. The predicted molar refractivity (Wildman–Crippen MR) is 99.8 cm³/mol. The summed E-state index contributed by atoms with van der Waals surface area (Å²) in [6.45, 7) is 0.207. The van der Waals surface area contributed by atoms with E-state index < -0.39 is 17.6 Å². The molecule has 0 aliphatic carbocycles. The summed E-state index contributed by atoms with van der Waals surface area (Å²) in [6.07, 6.45) is 2.10. The molecule has 29 heavy (non-hydrogen) atoms. The Bertz CT molecular complexity index is 965. The van der Waals surface area contributed by atoms with E-state index in [4.69, 9.17) is 0 Å². The minimum Gasteiger partial charge on any atom is -0.352 e. The summed E-state index contributed by atoms with van der Waals surface area (Å²) >= 11 is 0. The van der Waals surface area contributed by atoms with Gasteiger partial charge in [-0.25, -0.2) is 14.4 Å². The van der Waals surface area contributed by atoms with E-state index in [0.29, 0.717) is 24.4 Å². The lowest BCUT2D eigenvalue weighted by atomic mass is 10.1. The van der Waals surface area contributed by atoms with Gasteiger partial charge in [0.1, 0.15) is 18.0 Å². The van der Waals surface area contributed by atoms with Crippen molar-refractivity contribution >= 4 is 5.96 Å². The Kier molecular flexibility index (Phi) is 6.10. The second-order valence-electron chi connectivity index (χ2n) is 6.07. The Hall–Kier alpha value is -3.43. The molecule has 6 nitrogen and oxygen atoms in total. The third-order valence-corrected chi connectivity index (χ3v) is 4.09. The number of pyridine rings is 1. The van der Waals surface area contributed by atoms with Crippen LogP contribution in [0.25, 0.3) is 5.82 Å². The van der Waals surface area contributed by atoms with Gasteiger partial charge in [0.2, 0.25) is 0 Å². The Morgan fingerprint density at radius 2 is 1.93 bits per heavy atom. The number of rotatable bonds is 5. The summed E-state index contributed by atoms with van der Waals surface area (Å²) in [7, 11) is 1.51. The van der Waals surface area contributed by atoms with Crippen molar-refractivity contribution in [3.63, 3.8) is 0 Å². The highest BCUT2D eigenvalue weighted by Gasteiger charge is 2.33. The zero-order chi connectivity index (χ0) is 20.9. The van der Waals surface area contributed by atoms with Gasteiger partial charge in [0.05, 0.1) is 5.56 Å². The topological polar surface area (TPSA) is 67.1 Å². The molecule has 2 aromatic heterocycles. The van der Waals surface area contributed by atoms with Crippen molar-refractivity contribution in [3.8, 4) is 5.82 Å². The van der Waals surface area contributed by atoms with E-state index in [-0.39, 0.29) is 12.1 Å². The van der Waals surface area contributed by atoms with Crippen molar-refractivity contribution in [1.29, 1.82) is 0 Å². The lowest BCUT2D eigenvalue weighted by molar-refractivity contribution is -0.138. The van der Waals surface area contributed by atoms with E-state index in [1.807, 2.05) is 12.1 Å². The zero-order valence-electron chi connectivity index (χ0n) is 15.4. The fourth-order valence-corrected chi connectivity index (χ4v) is 2.62. The summed E-state index contributed by atoms with van der Waals surface area (Å²) in [5, 5.41) is 5.81. The van der Waals surface area contributed by atoms with E-state index in [0.717, 1.165) is 17.7 Å². The van der Waals surface area contributed by atoms with Crippen molar-refractivity contribution < 1.29 is 17.6 Å². The average molecular weight is 406 g/mol. The van der Waals surface area contributed by atoms with Crippen LogP contribution < -0.4 is 10.6 Å². The van der Waals surface area contributed by atoms with Gasteiger partial charge in [0.15, 0.2) is 5.96 Å². The number of hydrogen-bond acceptors (Lipinski definition) is 3. The summed E-state index contributed by atoms with van der Waals surface area (Å²) in [5.41, 5.74) is -0.234. The molecule has 0 atom stereocenters. The number of alkyl halides is 3. The van der Waals surface area contributed by atoms with E-state index in [2.05, 4.69) is 25.6 Å². The van der Waals surface area contributed by atoms with E-state index in [9.17, 15) is 17.6 Å². The first-order valence-electron chi connectivity index (χ1n) is 8.60. The van der Waals surface area contributed by atoms with Gasteiger partial charge in [-0.3, -0.25) is 9.56 Å². The summed E-state index contributed by atoms with van der Waals surface area (Å²) in [4.78, 5) is 12.3. The lowest BCUT2D eigenvalue weighted by Crippen LogP contribution is -2.36. The van der Waals surface area contributed by atoms with Gasteiger partial charge in [-0.15, -0.1) is 0 Å². The van der Waals surface area contributed by atoms with Gasteiger partial charge in [-0.05, 0) is 29.3 Å². The maximum Gasteiger partial charge on any atom is 0.416 e. The number of aliphatic imine (C=N–C) groups is 1. The van der Waals surface area contributed by atoms with Crippen LogP contribution in [-0.2, 0) is 19.3 Å². The normalized spacial score (nSPS) is 12.1. The van der Waals surface area contributed by atoms with Crippen molar-refractivity contribution in [3.05, 3.63) is 77.8 Å². The predicted octanol–water partition coefficient (Wildman–Crippen LogP) is 3.29. The van der Waals surface area contributed by atoms with Crippen molar-refractivity contribution in [2.24, 2.45) is 4.99 Å². The van der Waals surface area contributed by atoms with Crippen LogP contribution in [0.3, 0.4) is 0 Å². The number of hydrogen-bond donors (Lipinski definition) is 2. The largest absolute Gasteiger partial charge is 0.416 e. The number of imidazole rings is 1. The quantitative estimate of drug-likeness (QED) is 0.388. The minimum absolute atomic E-state index is 0.0757. The highest BCUT2D eigenvalue weighted by atomic mass is 19.4. The van der Waals surface area contributed by atoms with Gasteiger partial charge in [0, 0.05) is 38.7 Å². The molecule has 3 rings (SSSR count). The van der Waals surface area contributed by atoms with Crippen LogP contribution in [0.5, 0.6) is 0 Å². The molecule has 152 valence electrons. The number of guanidine groups is 1. The Morgan fingerprint density at radius 3 is 2.55 bits per heavy atom. The third kappa shape index (κ3) is 5.31. The smallest absolute Gasteiger partial charge is 0.352 e. The molecule has 0 radical (unpaired) electrons. The second-order valence-corrected chi connectivity index (χ2v) is 6.07. The monoisotopic (exact) mass is 406 g/mol. The SMILES string of the molecule is CN=C(NCc1ccc(-n2ccnc2)nc1)NCc1ccc(F)cc1C(F)(F)F. The maximum absolute atomic E-state index is 13.2. The number of nitrogens with one attached hydrogen (secondary N) is 2. The maximum atomic E-state index is 13.2. The summed E-state index contributed by atoms with van der Waals surface area (Å²) in [5.74, 6) is 0.0844. The fraction of sp³-hybridized carbons (Fsp3) is 0.211. The first kappa shape index (κ1) is 20.3. The molecule has 0 aliphatic heterocycles. The number of aromatic nitrogens is 3. The molecule has 10 heteroatoms. The van der Waals surface area contributed by atoms with Gasteiger partial charge in [-0.2, -0.15) is 13.2 Å². The van der Waals surface area contributed by atoms with Crippen LogP contribution in [0, 0.1) is 5.82 Å². The zero-order valence-corrected chi connectivity index (χ0v) is 15.4. The van der Waals surface area contributed by atoms with Gasteiger partial charge in [0.25, 0.3) is 0 Å². The van der Waals surface area contributed by atoms with Crippen molar-refractivity contribution in [2.75, 3.05) is 7.05 Å². The second kappa shape index (κ2) is 8.72. The molecule has 2 N–H and O–H groups in total. The highest BCUT2D eigenvalue weighted by molar-refractivity contribution is 5.79. The molecular formula is C19H18F4N6. The summed E-state index contributed by atoms with van der Waals surface area (Å²) in [6, 6.07) is 6.28. The van der Waals surface area contributed by atoms with Crippen LogP contribution in [0.2, 0.25) is 0 Å². The minimum atomic E-state index is -4.64. The number of benzene rings is 1. The lowest BCUT2D eigenvalue weighted by Gasteiger charge is -2.16. The van der Waals surface area contributed by atoms with Crippen LogP contribution >= 0.6 is 0 Å². The van der Waals surface area contributed by atoms with Crippen LogP contribution in [0.15, 0.2) is 60.2 Å². The molecule has 0 fully saturated rings. The fourth-order valence-electron chi connectivity index (χ4n) is 2.62. The van der Waals surface area contributed by atoms with Crippen LogP contribution in [0.1, 0.15) is 16.7 Å². The number of halogens is 4. The molecule has 2 heterocycles. The Morgan fingerprint density at radius 1 is 1.14 bits per heavy atom. The first-order valence-corrected chi connectivity index (χ1v) is 8.60. The van der Waals surface area contributed by atoms with Gasteiger partial charge >= 0.3 is 6.18 Å². The third-order valence-electron chi connectivity index (χ3n) is 4.09. The van der Waals surface area contributed by atoms with Crippen LogP contribution in [-0.4, -0.2) is 27.5 Å². The molecule has 1 aromatic carbocycles. The number of nitrogens with zero attached hydrogens (tertiary/aromatic N) is 4. The standard InChI is InChI=1S/C19H18F4N6/c1-24-18(28-11-14-3-4-15(20)8-16(14)19(21,22)23)27-10-13-2-5-17(26-9-13)29-7-6-25-12-29/h2-9,12H,10-11H2,1H3,(H2,24,27,28). The van der Waals surface area contributed by atoms with E-state index >= 15 is 0 Å². The molecular weight excluding hydrogens is 388 g/mol. The average Bonchev–Trinajstić information content (AvgIpc) is 3.23. The Balaban J connectivity index is 1.59. The molecule has 0 amide bonds. The van der Waals surface area contributed by atoms with E-state index in [1.165, 1.54) is 7.05 Å². The first-order chi connectivity index (χ1) is 13.9. The molecule has 0 spiro atoms. The van der Waals surface area contributed by atoms with Gasteiger partial charge < -0.3 is 10.6 Å². The molecule has 0 saturated heterocycles. The van der Waals surface area contributed by atoms with Crippen molar-refractivity contribution in [1.82, 2.24) is 25.2 Å². The summed E-state index contributed by atoms with van der Waals surface area (Å²) < 4.78 is 54.2. The van der Waals surface area contributed by atoms with Gasteiger partial charge in [-0.1, -0.05) is 12.1 Å². The molecule has 3 aromatic rings. The van der Waals surface area contributed by atoms with Crippen LogP contribution in [0.4, 0.5) is 17.6 Å².